The first-order valence-corrected chi connectivity index (χ1v) is 6.12. The van der Waals surface area contributed by atoms with E-state index in [1.165, 1.54) is 0 Å². The maximum Gasteiger partial charge on any atom is 0.0701 e. The van der Waals surface area contributed by atoms with E-state index < -0.39 is 0 Å². The molecule has 3 N–H and O–H groups in total. The maximum atomic E-state index is 5.28. The molecule has 0 rings (SSSR count). The Morgan fingerprint density at radius 2 is 1.85 bits per heavy atom. The van der Waals surface area contributed by atoms with Crippen molar-refractivity contribution in [3.63, 3.8) is 0 Å². The van der Waals surface area contributed by atoms with Crippen molar-refractivity contribution in [2.24, 2.45) is 5.73 Å². The van der Waals surface area contributed by atoms with Crippen LogP contribution in [0.4, 0.5) is 0 Å². The van der Waals surface area contributed by atoms with Gasteiger partial charge in [-0.25, -0.2) is 0 Å². The number of hydrogen-bond acceptors (Lipinski definition) is 4. The molecule has 5 heteroatoms. The molecular weight excluding hydrogens is 188 g/mol. The smallest absolute Gasteiger partial charge is 0.0701 e. The Bertz CT molecular complexity index is 133. The third kappa shape index (κ3) is 12.1. The lowest BCUT2D eigenvalue weighted by atomic mass is 10.7. The highest BCUT2D eigenvalue weighted by Crippen LogP contribution is 1.90. The van der Waals surface area contributed by atoms with Crippen LogP contribution >= 0.6 is 10.7 Å². The SMILES string of the molecule is C=S(C)NCCOCCOCCN. The van der Waals surface area contributed by atoms with Gasteiger partial charge in [0.25, 0.3) is 0 Å². The molecular formula is C8H20N2O2S. The van der Waals surface area contributed by atoms with E-state index in [4.69, 9.17) is 15.2 Å². The lowest BCUT2D eigenvalue weighted by Crippen LogP contribution is -2.16. The van der Waals surface area contributed by atoms with Gasteiger partial charge in [-0.2, -0.15) is 0 Å². The van der Waals surface area contributed by atoms with Crippen LogP contribution in [0.2, 0.25) is 0 Å². The molecule has 0 spiro atoms. The molecule has 0 heterocycles. The van der Waals surface area contributed by atoms with Crippen molar-refractivity contribution in [3.8, 4) is 0 Å². The predicted octanol–water partition coefficient (Wildman–Crippen LogP) is -0.186. The van der Waals surface area contributed by atoms with Crippen LogP contribution in [0.1, 0.15) is 0 Å². The van der Waals surface area contributed by atoms with Crippen molar-refractivity contribution >= 4 is 16.5 Å². The Kier molecular flexibility index (Phi) is 10.2. The van der Waals surface area contributed by atoms with Crippen LogP contribution < -0.4 is 10.5 Å². The minimum atomic E-state index is 0.0464. The van der Waals surface area contributed by atoms with Crippen LogP contribution in [0.5, 0.6) is 0 Å². The summed E-state index contributed by atoms with van der Waals surface area (Å²) in [5, 5.41) is 0. The monoisotopic (exact) mass is 208 g/mol. The number of nitrogens with two attached hydrogens (primary N) is 1. The summed E-state index contributed by atoms with van der Waals surface area (Å²) in [6.45, 7) is 4.00. The zero-order valence-electron chi connectivity index (χ0n) is 8.25. The molecule has 1 unspecified atom stereocenters. The molecule has 0 amide bonds. The number of ether oxygens (including phenoxy) is 2. The summed E-state index contributed by atoms with van der Waals surface area (Å²) in [6, 6.07) is 0. The molecule has 13 heavy (non-hydrogen) atoms. The Balaban J connectivity index is 2.87. The second-order valence-corrected chi connectivity index (χ2v) is 4.11. The molecule has 80 valence electrons. The van der Waals surface area contributed by atoms with Crippen molar-refractivity contribution in [3.05, 3.63) is 0 Å². The van der Waals surface area contributed by atoms with Crippen LogP contribution in [-0.2, 0) is 9.47 Å². The summed E-state index contributed by atoms with van der Waals surface area (Å²) in [4.78, 5) is 0. The van der Waals surface area contributed by atoms with E-state index in [1.807, 2.05) is 6.26 Å². The lowest BCUT2D eigenvalue weighted by molar-refractivity contribution is 0.0532. The molecule has 0 radical (unpaired) electrons. The van der Waals surface area contributed by atoms with Gasteiger partial charge in [0.1, 0.15) is 0 Å². The van der Waals surface area contributed by atoms with Crippen molar-refractivity contribution in [2.75, 3.05) is 45.8 Å². The van der Waals surface area contributed by atoms with E-state index in [1.54, 1.807) is 0 Å². The summed E-state index contributed by atoms with van der Waals surface area (Å²) in [5.74, 6) is 3.82. The average molecular weight is 208 g/mol. The third-order valence-electron chi connectivity index (χ3n) is 1.23. The van der Waals surface area contributed by atoms with Crippen LogP contribution in [0.25, 0.3) is 0 Å². The molecule has 0 aromatic carbocycles. The lowest BCUT2D eigenvalue weighted by Gasteiger charge is -2.06. The topological polar surface area (TPSA) is 56.5 Å². The summed E-state index contributed by atoms with van der Waals surface area (Å²) in [5.41, 5.74) is 5.24. The van der Waals surface area contributed by atoms with Gasteiger partial charge in [-0.15, -0.1) is 10.7 Å². The first-order chi connectivity index (χ1) is 6.27. The van der Waals surface area contributed by atoms with Crippen molar-refractivity contribution < 1.29 is 9.47 Å². The van der Waals surface area contributed by atoms with Crippen molar-refractivity contribution in [1.82, 2.24) is 4.72 Å². The largest absolute Gasteiger partial charge is 0.378 e. The molecule has 0 fully saturated rings. The number of nitrogens with one attached hydrogen (secondary N) is 1. The molecule has 0 aliphatic heterocycles. The Labute approximate surface area is 82.8 Å². The van der Waals surface area contributed by atoms with E-state index in [9.17, 15) is 0 Å². The molecule has 0 aromatic rings. The van der Waals surface area contributed by atoms with E-state index in [-0.39, 0.29) is 10.7 Å². The van der Waals surface area contributed by atoms with E-state index in [0.29, 0.717) is 33.0 Å². The Morgan fingerprint density at radius 1 is 1.23 bits per heavy atom. The zero-order valence-corrected chi connectivity index (χ0v) is 9.07. The molecule has 0 aromatic heterocycles. The van der Waals surface area contributed by atoms with Gasteiger partial charge in [0, 0.05) is 13.1 Å². The van der Waals surface area contributed by atoms with Gasteiger partial charge in [0.2, 0.25) is 0 Å². The van der Waals surface area contributed by atoms with Gasteiger partial charge in [-0.3, -0.25) is 4.72 Å². The molecule has 0 bridgehead atoms. The van der Waals surface area contributed by atoms with Crippen LogP contribution in [0, 0.1) is 0 Å². The standard InChI is InChI=1S/C8H20N2O2S/c1-13(2)10-4-6-12-8-7-11-5-3-9/h10H,1,3-9H2,2H3. The van der Waals surface area contributed by atoms with Gasteiger partial charge in [0.15, 0.2) is 0 Å². The van der Waals surface area contributed by atoms with Gasteiger partial charge < -0.3 is 15.2 Å². The van der Waals surface area contributed by atoms with Gasteiger partial charge in [-0.1, -0.05) is 5.87 Å². The zero-order chi connectivity index (χ0) is 9.94. The molecule has 1 atom stereocenters. The first-order valence-electron chi connectivity index (χ1n) is 4.32. The maximum absolute atomic E-state index is 5.28. The summed E-state index contributed by atoms with van der Waals surface area (Å²) < 4.78 is 13.6. The van der Waals surface area contributed by atoms with Crippen LogP contribution in [0.3, 0.4) is 0 Å². The fourth-order valence-electron chi connectivity index (χ4n) is 0.693. The second kappa shape index (κ2) is 10.1. The molecule has 0 aliphatic rings. The van der Waals surface area contributed by atoms with Crippen molar-refractivity contribution in [2.45, 2.75) is 0 Å². The highest BCUT2D eigenvalue weighted by molar-refractivity contribution is 8.11. The van der Waals surface area contributed by atoms with Crippen molar-refractivity contribution in [1.29, 1.82) is 0 Å². The summed E-state index contributed by atoms with van der Waals surface area (Å²) in [6.07, 6.45) is 2.03. The van der Waals surface area contributed by atoms with Gasteiger partial charge >= 0.3 is 0 Å². The van der Waals surface area contributed by atoms with Gasteiger partial charge in [0.05, 0.1) is 26.4 Å². The van der Waals surface area contributed by atoms with E-state index in [0.717, 1.165) is 6.54 Å². The highest BCUT2D eigenvalue weighted by Gasteiger charge is 1.89. The molecule has 4 nitrogen and oxygen atoms in total. The molecule has 0 aliphatic carbocycles. The minimum Gasteiger partial charge on any atom is -0.378 e. The molecule has 0 saturated carbocycles. The van der Waals surface area contributed by atoms with E-state index >= 15 is 0 Å². The second-order valence-electron chi connectivity index (χ2n) is 2.54. The average Bonchev–Trinajstić information content (AvgIpc) is 2.09. The Hall–Kier alpha value is 0.0600. The van der Waals surface area contributed by atoms with Gasteiger partial charge in [-0.05, 0) is 6.26 Å². The number of hydrogen-bond donors (Lipinski definition) is 2. The van der Waals surface area contributed by atoms with Crippen LogP contribution in [0.15, 0.2) is 0 Å². The van der Waals surface area contributed by atoms with Crippen LogP contribution in [-0.4, -0.2) is 51.6 Å². The Morgan fingerprint density at radius 3 is 2.38 bits per heavy atom. The highest BCUT2D eigenvalue weighted by atomic mass is 32.2. The predicted molar refractivity (Wildman–Crippen MR) is 59.3 cm³/mol. The quantitative estimate of drug-likeness (QED) is 0.407. The normalized spacial score (nSPS) is 13.1. The third-order valence-corrected chi connectivity index (χ3v) is 1.93. The fourth-order valence-corrected chi connectivity index (χ4v) is 1.13. The number of rotatable bonds is 9. The summed E-state index contributed by atoms with van der Waals surface area (Å²) >= 11 is 0. The molecule has 0 saturated heterocycles. The summed E-state index contributed by atoms with van der Waals surface area (Å²) in [7, 11) is 0.0464. The minimum absolute atomic E-state index is 0.0464. The first kappa shape index (κ1) is 13.1. The fraction of sp³-hybridized carbons (Fsp3) is 0.875. The van der Waals surface area contributed by atoms with E-state index in [2.05, 4.69) is 10.6 Å².